The number of carbonyl (C=O) groups excluding carboxylic acids is 2. The average molecular weight is 400 g/mol. The fourth-order valence-corrected chi connectivity index (χ4v) is 2.58. The molecule has 0 saturated carbocycles. The molecule has 0 radical (unpaired) electrons. The Bertz CT molecular complexity index is 972. The largest absolute Gasteiger partial charge is 0.462 e. The van der Waals surface area contributed by atoms with Crippen LogP contribution in [0.1, 0.15) is 23.7 Å². The van der Waals surface area contributed by atoms with Gasteiger partial charge in [-0.15, -0.1) is 10.2 Å². The fourth-order valence-electron chi connectivity index (χ4n) is 2.36. The van der Waals surface area contributed by atoms with Crippen molar-refractivity contribution in [3.63, 3.8) is 0 Å². The van der Waals surface area contributed by atoms with Crippen molar-refractivity contribution in [2.75, 3.05) is 11.9 Å². The fraction of sp³-hybridized carbons (Fsp3) is 0.211. The highest BCUT2D eigenvalue weighted by molar-refractivity contribution is 6.33. The quantitative estimate of drug-likeness (QED) is 0.612. The molecule has 8 nitrogen and oxygen atoms in total. The van der Waals surface area contributed by atoms with Crippen molar-refractivity contribution in [1.82, 2.24) is 20.2 Å². The van der Waals surface area contributed by atoms with Gasteiger partial charge in [0.05, 0.1) is 17.2 Å². The Morgan fingerprint density at radius 3 is 2.61 bits per heavy atom. The third-order valence-corrected chi connectivity index (χ3v) is 4.02. The molecular weight excluding hydrogens is 382 g/mol. The zero-order chi connectivity index (χ0) is 19.9. The van der Waals surface area contributed by atoms with Gasteiger partial charge in [-0.1, -0.05) is 30.7 Å². The van der Waals surface area contributed by atoms with Crippen LogP contribution in [0.15, 0.2) is 48.5 Å². The number of esters is 1. The molecule has 0 aliphatic carbocycles. The second-order valence-electron chi connectivity index (χ2n) is 5.88. The minimum Gasteiger partial charge on any atom is -0.462 e. The third-order valence-electron chi connectivity index (χ3n) is 3.69. The van der Waals surface area contributed by atoms with Crippen molar-refractivity contribution < 1.29 is 14.3 Å². The van der Waals surface area contributed by atoms with Crippen molar-refractivity contribution in [1.29, 1.82) is 0 Å². The van der Waals surface area contributed by atoms with E-state index in [1.165, 1.54) is 4.80 Å². The third kappa shape index (κ3) is 4.92. The topological polar surface area (TPSA) is 99.0 Å². The number of tetrazole rings is 1. The number of halogens is 1. The maximum Gasteiger partial charge on any atom is 0.338 e. The molecular formula is C19H18ClN5O3. The van der Waals surface area contributed by atoms with Crippen LogP contribution in [0.4, 0.5) is 5.69 Å². The Labute approximate surface area is 166 Å². The van der Waals surface area contributed by atoms with Gasteiger partial charge >= 0.3 is 5.97 Å². The summed E-state index contributed by atoms with van der Waals surface area (Å²) < 4.78 is 5.06. The minimum absolute atomic E-state index is 0.113. The van der Waals surface area contributed by atoms with Crippen LogP contribution >= 0.6 is 11.6 Å². The molecule has 1 aromatic heterocycles. The molecule has 2 aromatic carbocycles. The van der Waals surface area contributed by atoms with Crippen LogP contribution in [0.2, 0.25) is 5.02 Å². The van der Waals surface area contributed by atoms with E-state index in [2.05, 4.69) is 20.7 Å². The first-order valence-electron chi connectivity index (χ1n) is 8.66. The first-order chi connectivity index (χ1) is 13.6. The van der Waals surface area contributed by atoms with Crippen molar-refractivity contribution in [3.05, 3.63) is 59.1 Å². The van der Waals surface area contributed by atoms with Gasteiger partial charge in [-0.05, 0) is 48.0 Å². The predicted octanol–water partition coefficient (Wildman–Crippen LogP) is 3.20. The van der Waals surface area contributed by atoms with Crippen molar-refractivity contribution in [2.24, 2.45) is 0 Å². The van der Waals surface area contributed by atoms with Gasteiger partial charge in [0.1, 0.15) is 6.54 Å². The number of carbonyl (C=O) groups is 2. The Balaban J connectivity index is 1.59. The van der Waals surface area contributed by atoms with E-state index in [0.29, 0.717) is 34.3 Å². The Morgan fingerprint density at radius 2 is 1.89 bits per heavy atom. The van der Waals surface area contributed by atoms with Crippen LogP contribution in [0, 0.1) is 0 Å². The number of hydrogen-bond acceptors (Lipinski definition) is 6. The number of nitrogens with one attached hydrogen (secondary N) is 1. The number of aromatic nitrogens is 4. The highest BCUT2D eigenvalue weighted by Gasteiger charge is 2.12. The van der Waals surface area contributed by atoms with Gasteiger partial charge in [0.15, 0.2) is 0 Å². The molecule has 0 spiro atoms. The molecule has 9 heteroatoms. The lowest BCUT2D eigenvalue weighted by Gasteiger charge is -2.06. The van der Waals surface area contributed by atoms with E-state index in [1.807, 2.05) is 13.0 Å². The van der Waals surface area contributed by atoms with Crippen LogP contribution in [0.3, 0.4) is 0 Å². The van der Waals surface area contributed by atoms with E-state index < -0.39 is 5.97 Å². The molecule has 0 unspecified atom stereocenters. The smallest absolute Gasteiger partial charge is 0.338 e. The molecule has 3 aromatic rings. The zero-order valence-corrected chi connectivity index (χ0v) is 15.9. The van der Waals surface area contributed by atoms with Gasteiger partial charge in [-0.2, -0.15) is 4.80 Å². The van der Waals surface area contributed by atoms with Gasteiger partial charge in [0, 0.05) is 11.3 Å². The van der Waals surface area contributed by atoms with Gasteiger partial charge in [-0.3, -0.25) is 4.79 Å². The van der Waals surface area contributed by atoms with E-state index in [1.54, 1.807) is 42.5 Å². The van der Waals surface area contributed by atoms with Crippen LogP contribution < -0.4 is 5.32 Å². The molecule has 144 valence electrons. The van der Waals surface area contributed by atoms with Crippen LogP contribution in [0.5, 0.6) is 0 Å². The summed E-state index contributed by atoms with van der Waals surface area (Å²) in [5.74, 6) is -0.378. The normalized spacial score (nSPS) is 10.5. The van der Waals surface area contributed by atoms with E-state index >= 15 is 0 Å². The molecule has 0 aliphatic rings. The van der Waals surface area contributed by atoms with Crippen LogP contribution in [-0.4, -0.2) is 38.7 Å². The van der Waals surface area contributed by atoms with E-state index in [0.717, 1.165) is 6.42 Å². The van der Waals surface area contributed by atoms with Crippen molar-refractivity contribution in [2.45, 2.75) is 19.9 Å². The lowest BCUT2D eigenvalue weighted by atomic mass is 10.2. The van der Waals surface area contributed by atoms with Crippen molar-refractivity contribution >= 4 is 29.2 Å². The number of hydrogen-bond donors (Lipinski definition) is 1. The highest BCUT2D eigenvalue weighted by atomic mass is 35.5. The first kappa shape index (κ1) is 19.5. The summed E-state index contributed by atoms with van der Waals surface area (Å²) in [5.41, 5.74) is 1.61. The lowest BCUT2D eigenvalue weighted by molar-refractivity contribution is -0.117. The second-order valence-corrected chi connectivity index (χ2v) is 6.29. The maximum absolute atomic E-state index is 12.2. The number of nitrogens with zero attached hydrogens (tertiary/aromatic N) is 4. The summed E-state index contributed by atoms with van der Waals surface area (Å²) in [6, 6.07) is 13.6. The number of ether oxygens (including phenoxy) is 1. The second kappa shape index (κ2) is 9.09. The van der Waals surface area contributed by atoms with Crippen molar-refractivity contribution in [3.8, 4) is 11.4 Å². The summed E-state index contributed by atoms with van der Waals surface area (Å²) in [6.07, 6.45) is 0.758. The van der Waals surface area contributed by atoms with Crippen LogP contribution in [0.25, 0.3) is 11.4 Å². The molecule has 0 saturated heterocycles. The highest BCUT2D eigenvalue weighted by Crippen LogP contribution is 2.23. The van der Waals surface area contributed by atoms with Gasteiger partial charge in [0.25, 0.3) is 0 Å². The monoisotopic (exact) mass is 399 g/mol. The molecule has 0 fully saturated rings. The van der Waals surface area contributed by atoms with E-state index in [9.17, 15) is 9.59 Å². The molecule has 1 heterocycles. The number of benzene rings is 2. The van der Waals surface area contributed by atoms with Gasteiger partial charge < -0.3 is 10.1 Å². The summed E-state index contributed by atoms with van der Waals surface area (Å²) in [4.78, 5) is 25.2. The zero-order valence-electron chi connectivity index (χ0n) is 15.1. The van der Waals surface area contributed by atoms with Crippen LogP contribution in [-0.2, 0) is 16.1 Å². The molecule has 0 aliphatic heterocycles. The number of rotatable bonds is 7. The minimum atomic E-state index is -0.390. The molecule has 3 rings (SSSR count). The number of anilines is 1. The maximum atomic E-state index is 12.2. The summed E-state index contributed by atoms with van der Waals surface area (Å²) >= 11 is 6.11. The first-order valence-corrected chi connectivity index (χ1v) is 9.04. The summed E-state index contributed by atoms with van der Waals surface area (Å²) in [6.45, 7) is 2.18. The SMILES string of the molecule is CCCOC(=O)c1ccc(NC(=O)Cn2nnc(-c3ccccc3Cl)n2)cc1. The van der Waals surface area contributed by atoms with Gasteiger partial charge in [0.2, 0.25) is 11.7 Å². The van der Waals surface area contributed by atoms with Gasteiger partial charge in [-0.25, -0.2) is 4.79 Å². The molecule has 0 atom stereocenters. The lowest BCUT2D eigenvalue weighted by Crippen LogP contribution is -2.20. The average Bonchev–Trinajstić information content (AvgIpc) is 3.15. The van der Waals surface area contributed by atoms with E-state index in [4.69, 9.17) is 16.3 Å². The standard InChI is InChI=1S/C19H18ClN5O3/c1-2-11-28-19(27)13-7-9-14(10-8-13)21-17(26)12-25-23-18(22-24-25)15-5-3-4-6-16(15)20/h3-10H,2,11-12H2,1H3,(H,21,26). The molecule has 1 N–H and O–H groups in total. The Hall–Kier alpha value is -3.26. The number of amides is 1. The Kier molecular flexibility index (Phi) is 6.33. The molecule has 0 bridgehead atoms. The predicted molar refractivity (Wildman–Crippen MR) is 104 cm³/mol. The summed E-state index contributed by atoms with van der Waals surface area (Å²) in [7, 11) is 0. The molecule has 28 heavy (non-hydrogen) atoms. The van der Waals surface area contributed by atoms with E-state index in [-0.39, 0.29) is 12.5 Å². The Morgan fingerprint density at radius 1 is 1.14 bits per heavy atom. The summed E-state index contributed by atoms with van der Waals surface area (Å²) in [5, 5.41) is 15.2. The molecule has 1 amide bonds.